The minimum Gasteiger partial charge on any atom is -0.477 e. The van der Waals surface area contributed by atoms with E-state index in [1.54, 1.807) is 0 Å². The van der Waals surface area contributed by atoms with Crippen LogP contribution in [0.1, 0.15) is 72.4 Å². The van der Waals surface area contributed by atoms with E-state index in [1.165, 1.54) is 30.1 Å². The number of nitrogens with one attached hydrogen (secondary N) is 2. The van der Waals surface area contributed by atoms with Crippen LogP contribution in [-0.4, -0.2) is 115 Å². The number of hydrogen-bond acceptors (Lipinski definition) is 9. The van der Waals surface area contributed by atoms with Gasteiger partial charge in [0.05, 0.1) is 81.4 Å². The van der Waals surface area contributed by atoms with Gasteiger partial charge in [-0.05, 0) is 48.0 Å². The first-order valence-electron chi connectivity index (χ1n) is 14.7. The molecule has 3 aromatic rings. The van der Waals surface area contributed by atoms with E-state index in [4.69, 9.17) is 40.9 Å². The smallest absolute Gasteiger partial charge is 0.316 e. The first-order chi connectivity index (χ1) is 22.0. The van der Waals surface area contributed by atoms with Crippen molar-refractivity contribution in [2.45, 2.75) is 79.2 Å². The van der Waals surface area contributed by atoms with Crippen molar-refractivity contribution >= 4 is 49.0 Å². The number of urea groups is 1. The van der Waals surface area contributed by atoms with Gasteiger partial charge in [0.15, 0.2) is 5.65 Å². The molecule has 47 heavy (non-hydrogen) atoms. The van der Waals surface area contributed by atoms with E-state index >= 15 is 8.78 Å². The molecule has 3 amide bonds. The Balaban J connectivity index is 1.35. The summed E-state index contributed by atoms with van der Waals surface area (Å²) in [6.45, 7) is -0.291. The third-order valence-corrected chi connectivity index (χ3v) is 8.73. The standard InChI is InChI=1S/C26H26B4F4N8O5/c1-45-21-19(39-47-40-21)20(43)37-18(12-4-6-23(31,32)7-5-12)15-10-41-17(36-15)8-13(9-35-41)16(11-46-14-2-3-14)42-22(44)38-25(27,28)24(33,34)26(42,29)30/h8-10,12,14,16,18H,2-7,11H2,1H3,(H,37,43)(H,38,44)/t16-,18+/m1/s1. The zero-order chi connectivity index (χ0) is 33.9. The highest BCUT2D eigenvalue weighted by Gasteiger charge is 2.64. The number of carbonyl (C=O) groups excluding carboxylic acids is 2. The number of halogens is 4. The number of methoxy groups -OCH3 is 1. The van der Waals surface area contributed by atoms with Crippen LogP contribution in [0.2, 0.25) is 0 Å². The number of fused-ring (bicyclic) bond motifs is 1. The fraction of sp³-hybridized carbons (Fsp3) is 0.615. The van der Waals surface area contributed by atoms with Crippen LogP contribution < -0.4 is 15.4 Å². The first-order valence-corrected chi connectivity index (χ1v) is 14.7. The maximum atomic E-state index is 15.4. The Morgan fingerprint density at radius 1 is 1.15 bits per heavy atom. The predicted molar refractivity (Wildman–Crippen MR) is 156 cm³/mol. The van der Waals surface area contributed by atoms with Gasteiger partial charge in [0, 0.05) is 29.1 Å². The van der Waals surface area contributed by atoms with Gasteiger partial charge in [-0.1, -0.05) is 0 Å². The summed E-state index contributed by atoms with van der Waals surface area (Å²) in [7, 11) is 24.0. The lowest BCUT2D eigenvalue weighted by Gasteiger charge is -2.58. The third kappa shape index (κ3) is 6.06. The molecule has 3 aromatic heterocycles. The number of ether oxygens (including phenoxy) is 2. The minimum atomic E-state index is -4.23. The largest absolute Gasteiger partial charge is 0.477 e. The van der Waals surface area contributed by atoms with Crippen molar-refractivity contribution in [2.75, 3.05) is 13.7 Å². The van der Waals surface area contributed by atoms with Crippen LogP contribution in [-0.2, 0) is 4.74 Å². The van der Waals surface area contributed by atoms with E-state index in [0.29, 0.717) is 4.90 Å². The minimum absolute atomic E-state index is 0.0659. The number of nitrogens with zero attached hydrogens (tertiary/aromatic N) is 6. The molecule has 2 saturated carbocycles. The van der Waals surface area contributed by atoms with Crippen LogP contribution in [0.5, 0.6) is 5.88 Å². The zero-order valence-corrected chi connectivity index (χ0v) is 25.0. The van der Waals surface area contributed by atoms with E-state index < -0.39 is 65.3 Å². The number of carbonyl (C=O) groups is 2. The number of amides is 3. The highest BCUT2D eigenvalue weighted by atomic mass is 19.3. The second kappa shape index (κ2) is 11.7. The van der Waals surface area contributed by atoms with E-state index in [-0.39, 0.29) is 54.0 Å². The summed E-state index contributed by atoms with van der Waals surface area (Å²) in [5, 5.41) is 9.83. The molecular formula is C26H26B4F4N8O5. The Hall–Kier alpha value is -3.76. The lowest BCUT2D eigenvalue weighted by atomic mass is 9.43. The van der Waals surface area contributed by atoms with Crippen LogP contribution in [0.15, 0.2) is 23.1 Å². The van der Waals surface area contributed by atoms with Gasteiger partial charge in [-0.2, -0.15) is 5.10 Å². The number of alkyl halides is 4. The van der Waals surface area contributed by atoms with Gasteiger partial charge in [-0.15, -0.1) is 0 Å². The topological polar surface area (TPSA) is 149 Å². The van der Waals surface area contributed by atoms with Gasteiger partial charge in [-0.3, -0.25) is 4.79 Å². The molecule has 3 aliphatic rings. The van der Waals surface area contributed by atoms with Gasteiger partial charge < -0.3 is 25.0 Å². The SMILES string of the molecule is [B]C1([B])NC(=O)N([C@H](COC2CC2)c2cnn3cc([C@@H](NC(=O)c4nonc4OC)C4CCC(F)(F)CC4)nc3c2)C([B])([B])C1(F)F. The molecule has 4 heterocycles. The van der Waals surface area contributed by atoms with Crippen molar-refractivity contribution in [1.82, 2.24) is 40.4 Å². The maximum Gasteiger partial charge on any atom is 0.316 e. The molecule has 21 heteroatoms. The summed E-state index contributed by atoms with van der Waals surface area (Å²) in [4.78, 5) is 31.5. The maximum absolute atomic E-state index is 15.4. The Bertz CT molecular complexity index is 1660. The van der Waals surface area contributed by atoms with Crippen molar-refractivity contribution in [3.8, 4) is 5.88 Å². The molecule has 2 aliphatic carbocycles. The number of aromatic nitrogens is 5. The van der Waals surface area contributed by atoms with Crippen LogP contribution in [0.3, 0.4) is 0 Å². The molecule has 0 spiro atoms. The molecule has 0 bridgehead atoms. The summed E-state index contributed by atoms with van der Waals surface area (Å²) in [6.07, 6.45) is 3.43. The Morgan fingerprint density at radius 2 is 1.85 bits per heavy atom. The van der Waals surface area contributed by atoms with Gasteiger partial charge >= 0.3 is 6.03 Å². The molecule has 3 fully saturated rings. The number of imidazole rings is 1. The molecule has 1 saturated heterocycles. The number of rotatable bonds is 10. The highest BCUT2D eigenvalue weighted by molar-refractivity contribution is 6.48. The van der Waals surface area contributed by atoms with Gasteiger partial charge in [0.2, 0.25) is 11.6 Å². The summed E-state index contributed by atoms with van der Waals surface area (Å²) in [5.41, 5.74) is 0.318. The van der Waals surface area contributed by atoms with Crippen molar-refractivity contribution in [2.24, 2.45) is 5.92 Å². The van der Waals surface area contributed by atoms with Crippen LogP contribution in [0.4, 0.5) is 22.4 Å². The number of hydrogen-bond donors (Lipinski definition) is 2. The molecule has 2 atom stereocenters. The normalized spacial score (nSPS) is 23.2. The molecule has 1 aliphatic heterocycles. The summed E-state index contributed by atoms with van der Waals surface area (Å²) < 4.78 is 75.6. The second-order valence-corrected chi connectivity index (χ2v) is 12.1. The first kappa shape index (κ1) is 33.2. The fourth-order valence-corrected chi connectivity index (χ4v) is 5.88. The van der Waals surface area contributed by atoms with E-state index in [9.17, 15) is 18.4 Å². The van der Waals surface area contributed by atoms with E-state index in [0.717, 1.165) is 12.8 Å². The molecule has 6 rings (SSSR count). The summed E-state index contributed by atoms with van der Waals surface area (Å²) in [6, 6.07) is -1.93. The van der Waals surface area contributed by atoms with E-state index in [1.807, 2.05) is 5.32 Å². The van der Waals surface area contributed by atoms with Crippen molar-refractivity contribution in [3.05, 3.63) is 35.4 Å². The molecule has 13 nitrogen and oxygen atoms in total. The second-order valence-electron chi connectivity index (χ2n) is 12.1. The average Bonchev–Trinajstić information content (AvgIpc) is 3.52. The van der Waals surface area contributed by atoms with Crippen molar-refractivity contribution < 1.29 is 41.3 Å². The van der Waals surface area contributed by atoms with Gasteiger partial charge in [0.1, 0.15) is 0 Å². The van der Waals surface area contributed by atoms with Crippen LogP contribution >= 0.6 is 0 Å². The zero-order valence-electron chi connectivity index (χ0n) is 25.0. The third-order valence-electron chi connectivity index (χ3n) is 8.73. The molecule has 0 aromatic carbocycles. The Labute approximate surface area is 270 Å². The molecule has 0 unspecified atom stereocenters. The molecular weight excluding hydrogens is 624 g/mol. The molecule has 240 valence electrons. The molecule has 8 radical (unpaired) electrons. The fourth-order valence-electron chi connectivity index (χ4n) is 5.88. The Morgan fingerprint density at radius 3 is 2.51 bits per heavy atom. The summed E-state index contributed by atoms with van der Waals surface area (Å²) >= 11 is 0. The van der Waals surface area contributed by atoms with Gasteiger partial charge in [-0.25, -0.2) is 36.5 Å². The highest BCUT2D eigenvalue weighted by Crippen LogP contribution is 2.44. The average molecular weight is 650 g/mol. The predicted octanol–water partition coefficient (Wildman–Crippen LogP) is 1.28. The Kier molecular flexibility index (Phi) is 8.28. The van der Waals surface area contributed by atoms with Crippen molar-refractivity contribution in [1.29, 1.82) is 0 Å². The quantitative estimate of drug-likeness (QED) is 0.245. The van der Waals surface area contributed by atoms with Crippen molar-refractivity contribution in [3.63, 3.8) is 0 Å². The lowest BCUT2D eigenvalue weighted by Crippen LogP contribution is -2.83. The monoisotopic (exact) mass is 650 g/mol. The molecule has 2 N–H and O–H groups in total. The van der Waals surface area contributed by atoms with Gasteiger partial charge in [0.25, 0.3) is 17.7 Å². The van der Waals surface area contributed by atoms with Crippen LogP contribution in [0.25, 0.3) is 5.65 Å². The summed E-state index contributed by atoms with van der Waals surface area (Å²) in [5.74, 6) is -8.46. The van der Waals surface area contributed by atoms with E-state index in [2.05, 4.69) is 30.3 Å². The van der Waals surface area contributed by atoms with Crippen LogP contribution in [0, 0.1) is 5.92 Å². The lowest BCUT2D eigenvalue weighted by molar-refractivity contribution is -0.109.